The molecule has 2 heterocycles. The molecule has 0 saturated heterocycles. The van der Waals surface area contributed by atoms with Crippen molar-refractivity contribution in [1.82, 2.24) is 5.27 Å². The predicted octanol–water partition coefficient (Wildman–Crippen LogP) is 2.94. The molecule has 1 aromatic heterocycles. The van der Waals surface area contributed by atoms with E-state index < -0.39 is 12.1 Å². The van der Waals surface area contributed by atoms with Crippen molar-refractivity contribution in [2.75, 3.05) is 0 Å². The van der Waals surface area contributed by atoms with Gasteiger partial charge < -0.3 is 14.4 Å². The molecule has 2 aromatic carbocycles. The number of halogens is 1. The summed E-state index contributed by atoms with van der Waals surface area (Å²) in [5.74, 6) is -0.492. The third-order valence-electron chi connectivity index (χ3n) is 4.22. The van der Waals surface area contributed by atoms with Gasteiger partial charge >= 0.3 is 0 Å². The van der Waals surface area contributed by atoms with Gasteiger partial charge in [0.05, 0.1) is 11.4 Å². The summed E-state index contributed by atoms with van der Waals surface area (Å²) >= 11 is 6.35. The van der Waals surface area contributed by atoms with Gasteiger partial charge in [0, 0.05) is 17.0 Å². The van der Waals surface area contributed by atoms with Gasteiger partial charge in [0.1, 0.15) is 0 Å². The Morgan fingerprint density at radius 1 is 1.08 bits per heavy atom. The van der Waals surface area contributed by atoms with Crippen LogP contribution >= 0.6 is 11.6 Å². The lowest BCUT2D eigenvalue weighted by Crippen LogP contribution is -2.39. The fourth-order valence-corrected chi connectivity index (χ4v) is 3.28. The zero-order chi connectivity index (χ0) is 16.5. The Hall–Kier alpha value is -2.37. The van der Waals surface area contributed by atoms with Crippen molar-refractivity contribution in [3.63, 3.8) is 0 Å². The smallest absolute Gasteiger partial charge is 0.266 e. The second kappa shape index (κ2) is 6.26. The number of fused-ring (bicyclic) bond motifs is 1. The molecule has 1 aliphatic rings. The fraction of sp³-hybridized carbons (Fsp3) is 0.222. The second-order valence-electron chi connectivity index (χ2n) is 5.69. The van der Waals surface area contributed by atoms with Gasteiger partial charge in [0.25, 0.3) is 5.69 Å². The molecule has 24 heavy (non-hydrogen) atoms. The molecule has 5 nitrogen and oxygen atoms in total. The van der Waals surface area contributed by atoms with Crippen LogP contribution in [0.4, 0.5) is 0 Å². The number of nitrogens with zero attached hydrogens (tertiary/aromatic N) is 2. The predicted molar refractivity (Wildman–Crippen MR) is 84.3 cm³/mol. The van der Waals surface area contributed by atoms with E-state index in [1.165, 1.54) is 0 Å². The minimum Gasteiger partial charge on any atom is -0.539 e. The molecule has 0 radical (unpaired) electrons. The highest BCUT2D eigenvalue weighted by atomic mass is 35.5. The molecular weight excluding hydrogens is 328 g/mol. The van der Waals surface area contributed by atoms with Crippen molar-refractivity contribution < 1.29 is 19.0 Å². The first-order valence-electron chi connectivity index (χ1n) is 7.75. The number of ether oxygens (including phenoxy) is 1. The van der Waals surface area contributed by atoms with Crippen LogP contribution in [0.1, 0.15) is 35.4 Å². The first kappa shape index (κ1) is 15.2. The van der Waals surface area contributed by atoms with Crippen LogP contribution in [0.5, 0.6) is 5.95 Å². The van der Waals surface area contributed by atoms with E-state index in [0.29, 0.717) is 23.7 Å². The number of hydrogen-bond donors (Lipinski definition) is 0. The number of hydrogen-bond acceptors (Lipinski definition) is 4. The van der Waals surface area contributed by atoms with E-state index in [2.05, 4.69) is 5.27 Å². The largest absolute Gasteiger partial charge is 0.539 e. The SMILES string of the molecule is [O-]c1on[n+]2c1[C@H](c1ccccc1Cl)O[C@H](c1ccccc1)CC2. The maximum atomic E-state index is 12.2. The van der Waals surface area contributed by atoms with Crippen LogP contribution in [0.2, 0.25) is 5.02 Å². The molecule has 0 bridgehead atoms. The van der Waals surface area contributed by atoms with E-state index >= 15 is 0 Å². The summed E-state index contributed by atoms with van der Waals surface area (Å²) in [4.78, 5) is 0. The molecule has 3 aromatic rings. The molecule has 0 amide bonds. The Labute approximate surface area is 144 Å². The zero-order valence-corrected chi connectivity index (χ0v) is 13.5. The highest BCUT2D eigenvalue weighted by Gasteiger charge is 2.37. The lowest BCUT2D eigenvalue weighted by atomic mass is 10.0. The van der Waals surface area contributed by atoms with E-state index in [1.54, 1.807) is 10.7 Å². The number of benzene rings is 2. The number of aromatic nitrogens is 2. The van der Waals surface area contributed by atoms with Crippen LogP contribution in [0.25, 0.3) is 0 Å². The van der Waals surface area contributed by atoms with E-state index in [9.17, 15) is 5.11 Å². The summed E-state index contributed by atoms with van der Waals surface area (Å²) in [6.07, 6.45) is -0.0899. The molecule has 1 aliphatic heterocycles. The molecule has 122 valence electrons. The molecule has 0 fully saturated rings. The minimum atomic E-state index is -0.620. The van der Waals surface area contributed by atoms with Crippen molar-refractivity contribution in [2.24, 2.45) is 0 Å². The van der Waals surface area contributed by atoms with Gasteiger partial charge in [-0.2, -0.15) is 0 Å². The zero-order valence-electron chi connectivity index (χ0n) is 12.8. The monoisotopic (exact) mass is 342 g/mol. The van der Waals surface area contributed by atoms with Crippen LogP contribution in [0.3, 0.4) is 0 Å². The molecule has 0 unspecified atom stereocenters. The lowest BCUT2D eigenvalue weighted by molar-refractivity contribution is -0.768. The van der Waals surface area contributed by atoms with E-state index in [0.717, 1.165) is 11.1 Å². The van der Waals surface area contributed by atoms with Gasteiger partial charge in [-0.15, -0.1) is 0 Å². The van der Waals surface area contributed by atoms with Gasteiger partial charge in [0.2, 0.25) is 0 Å². The maximum Gasteiger partial charge on any atom is 0.266 e. The van der Waals surface area contributed by atoms with E-state index in [-0.39, 0.29) is 6.10 Å². The Bertz CT molecular complexity index is 850. The van der Waals surface area contributed by atoms with Crippen LogP contribution in [-0.4, -0.2) is 5.27 Å². The third-order valence-corrected chi connectivity index (χ3v) is 4.56. The highest BCUT2D eigenvalue weighted by Crippen LogP contribution is 2.39. The van der Waals surface area contributed by atoms with Crippen LogP contribution < -0.4 is 9.79 Å². The Balaban J connectivity index is 1.80. The van der Waals surface area contributed by atoms with Crippen molar-refractivity contribution in [3.05, 3.63) is 76.4 Å². The Kier molecular flexibility index (Phi) is 3.96. The Morgan fingerprint density at radius 2 is 1.83 bits per heavy atom. The van der Waals surface area contributed by atoms with E-state index in [1.807, 2.05) is 48.5 Å². The molecule has 4 rings (SSSR count). The average Bonchev–Trinajstić information content (AvgIpc) is 2.87. The number of rotatable bonds is 2. The first-order chi connectivity index (χ1) is 11.7. The van der Waals surface area contributed by atoms with Crippen LogP contribution in [0.15, 0.2) is 59.1 Å². The first-order valence-corrected chi connectivity index (χ1v) is 8.13. The molecule has 6 heteroatoms. The molecule has 0 saturated carbocycles. The summed E-state index contributed by atoms with van der Waals surface area (Å²) in [7, 11) is 0. The summed E-state index contributed by atoms with van der Waals surface area (Å²) in [6, 6.07) is 17.3. The summed E-state index contributed by atoms with van der Waals surface area (Å²) in [5.41, 5.74) is 2.17. The van der Waals surface area contributed by atoms with Crippen molar-refractivity contribution in [1.29, 1.82) is 0 Å². The second-order valence-corrected chi connectivity index (χ2v) is 6.10. The van der Waals surface area contributed by atoms with Gasteiger partial charge in [0.15, 0.2) is 18.6 Å². The Morgan fingerprint density at radius 3 is 2.62 bits per heavy atom. The van der Waals surface area contributed by atoms with E-state index in [4.69, 9.17) is 20.9 Å². The normalized spacial score (nSPS) is 20.4. The van der Waals surface area contributed by atoms with Crippen LogP contribution in [-0.2, 0) is 11.3 Å². The summed E-state index contributed by atoms with van der Waals surface area (Å²) in [5, 5.41) is 16.6. The quantitative estimate of drug-likeness (QED) is 0.672. The van der Waals surface area contributed by atoms with Crippen molar-refractivity contribution in [3.8, 4) is 5.95 Å². The van der Waals surface area contributed by atoms with Gasteiger partial charge in [-0.3, -0.25) is 0 Å². The fourth-order valence-electron chi connectivity index (χ4n) is 3.04. The summed E-state index contributed by atoms with van der Waals surface area (Å²) < 4.78 is 12.7. The highest BCUT2D eigenvalue weighted by molar-refractivity contribution is 6.31. The van der Waals surface area contributed by atoms with Gasteiger partial charge in [-0.25, -0.2) is 0 Å². The molecule has 0 spiro atoms. The lowest BCUT2D eigenvalue weighted by Gasteiger charge is -2.21. The average molecular weight is 343 g/mol. The topological polar surface area (TPSA) is 62.2 Å². The van der Waals surface area contributed by atoms with Gasteiger partial charge in [-0.1, -0.05) is 64.8 Å². The third kappa shape index (κ3) is 2.66. The van der Waals surface area contributed by atoms with Crippen molar-refractivity contribution in [2.45, 2.75) is 25.2 Å². The molecule has 2 atom stereocenters. The molecule has 0 N–H and O–H groups in total. The molecule has 0 aliphatic carbocycles. The van der Waals surface area contributed by atoms with Crippen LogP contribution in [0, 0.1) is 0 Å². The van der Waals surface area contributed by atoms with Crippen molar-refractivity contribution >= 4 is 11.6 Å². The summed E-state index contributed by atoms with van der Waals surface area (Å²) in [6.45, 7) is 0.543. The maximum absolute atomic E-state index is 12.2. The standard InChI is InChI=1S/C18H15ClN2O3/c19-14-9-5-4-8-13(14)17-16-18(22)24-20-21(16)11-10-15(23-17)12-6-2-1-3-7-12/h1-9,15,17H,10-11H2/t15-,17-/m0/s1. The van der Waals surface area contributed by atoms with Gasteiger partial charge in [-0.05, 0) is 11.6 Å². The molecular formula is C18H15ClN2O3. The number of aryl methyl sites for hydroxylation is 1. The minimum absolute atomic E-state index is 0.159.